The van der Waals surface area contributed by atoms with Gasteiger partial charge in [0.05, 0.1) is 23.8 Å². The normalized spacial score (nSPS) is 18.8. The number of amides is 1. The number of esters is 1. The lowest BCUT2D eigenvalue weighted by Gasteiger charge is -2.25. The van der Waals surface area contributed by atoms with Crippen LogP contribution in [0.15, 0.2) is 48.1 Å². The summed E-state index contributed by atoms with van der Waals surface area (Å²) in [5.74, 6) is -0.798. The van der Waals surface area contributed by atoms with Gasteiger partial charge in [-0.25, -0.2) is 4.79 Å². The topological polar surface area (TPSA) is 55.4 Å². The van der Waals surface area contributed by atoms with E-state index in [4.69, 9.17) is 4.74 Å². The van der Waals surface area contributed by atoms with Crippen LogP contribution in [0.5, 0.6) is 0 Å². The first-order chi connectivity index (χ1) is 10.2. The Balaban J connectivity index is 2.45. The number of hydrogen-bond donors (Lipinski definition) is 1. The van der Waals surface area contributed by atoms with E-state index < -0.39 is 0 Å². The molecule has 0 fully saturated rings. The summed E-state index contributed by atoms with van der Waals surface area (Å²) in [6.07, 6.45) is 3.98. The Morgan fingerprint density at radius 3 is 2.71 bits per heavy atom. The molecule has 2 rings (SSSR count). The number of benzene rings is 1. The highest BCUT2D eigenvalue weighted by molar-refractivity contribution is 6.04. The van der Waals surface area contributed by atoms with Crippen molar-refractivity contribution in [2.45, 2.75) is 20.3 Å². The number of allylic oxidation sites excluding steroid dienone is 1. The van der Waals surface area contributed by atoms with E-state index >= 15 is 0 Å². The number of carbonyl (C=O) groups excluding carboxylic acids is 2. The molecule has 110 valence electrons. The third kappa shape index (κ3) is 3.40. The lowest BCUT2D eigenvalue weighted by molar-refractivity contribution is -0.138. The molecule has 4 heteroatoms. The molecular weight excluding hydrogens is 266 g/mol. The number of carbonyl (C=O) groups is 2. The van der Waals surface area contributed by atoms with Gasteiger partial charge in [0.1, 0.15) is 0 Å². The van der Waals surface area contributed by atoms with Crippen molar-refractivity contribution in [3.05, 3.63) is 53.6 Å². The zero-order valence-corrected chi connectivity index (χ0v) is 12.3. The fourth-order valence-corrected chi connectivity index (χ4v) is 2.35. The van der Waals surface area contributed by atoms with Crippen LogP contribution < -0.4 is 5.32 Å². The minimum absolute atomic E-state index is 0.0972. The summed E-state index contributed by atoms with van der Waals surface area (Å²) in [5.41, 5.74) is 1.89. The minimum Gasteiger partial charge on any atom is -0.463 e. The van der Waals surface area contributed by atoms with Gasteiger partial charge in [0, 0.05) is 0 Å². The summed E-state index contributed by atoms with van der Waals surface area (Å²) in [6, 6.07) is 9.36. The Kier molecular flexibility index (Phi) is 4.93. The second kappa shape index (κ2) is 6.88. The number of ether oxygens (including phenoxy) is 1. The van der Waals surface area contributed by atoms with Crippen LogP contribution in [-0.4, -0.2) is 18.5 Å². The van der Waals surface area contributed by atoms with Crippen molar-refractivity contribution in [3.63, 3.8) is 0 Å². The van der Waals surface area contributed by atoms with E-state index in [9.17, 15) is 9.59 Å². The van der Waals surface area contributed by atoms with Crippen LogP contribution in [-0.2, 0) is 14.3 Å². The molecule has 1 aliphatic heterocycles. The molecule has 21 heavy (non-hydrogen) atoms. The van der Waals surface area contributed by atoms with Crippen molar-refractivity contribution in [1.82, 2.24) is 5.32 Å². The largest absolute Gasteiger partial charge is 0.463 e. The van der Waals surface area contributed by atoms with E-state index in [-0.39, 0.29) is 17.8 Å². The summed E-state index contributed by atoms with van der Waals surface area (Å²) in [6.45, 7) is 3.94. The van der Waals surface area contributed by atoms with E-state index in [1.54, 1.807) is 13.0 Å². The molecule has 0 unspecified atom stereocenters. The minimum atomic E-state index is -0.370. The van der Waals surface area contributed by atoms with Crippen LogP contribution in [0.25, 0.3) is 5.70 Å². The Morgan fingerprint density at radius 1 is 1.38 bits per heavy atom. The summed E-state index contributed by atoms with van der Waals surface area (Å²) in [4.78, 5) is 24.3. The fraction of sp³-hybridized carbons (Fsp3) is 0.294. The van der Waals surface area contributed by atoms with Gasteiger partial charge in [-0.05, 0) is 25.8 Å². The molecular formula is C17H19NO3. The Labute approximate surface area is 124 Å². The van der Waals surface area contributed by atoms with Crippen LogP contribution in [0, 0.1) is 5.92 Å². The Hall–Kier alpha value is -2.36. The maximum atomic E-state index is 12.2. The summed E-state index contributed by atoms with van der Waals surface area (Å²) in [5, 5.41) is 2.85. The van der Waals surface area contributed by atoms with E-state index in [0.29, 0.717) is 24.3 Å². The molecule has 0 aliphatic carbocycles. The van der Waals surface area contributed by atoms with Crippen LogP contribution in [0.2, 0.25) is 0 Å². The van der Waals surface area contributed by atoms with Gasteiger partial charge >= 0.3 is 5.97 Å². The highest BCUT2D eigenvalue weighted by atomic mass is 16.5. The summed E-state index contributed by atoms with van der Waals surface area (Å²) < 4.78 is 5.12. The molecule has 0 bridgehead atoms. The zero-order chi connectivity index (χ0) is 15.2. The van der Waals surface area contributed by atoms with Gasteiger partial charge < -0.3 is 10.1 Å². The molecule has 0 radical (unpaired) electrons. The predicted octanol–water partition coefficient (Wildman–Crippen LogP) is 2.67. The highest BCUT2D eigenvalue weighted by Crippen LogP contribution is 2.28. The van der Waals surface area contributed by atoms with Crippen LogP contribution in [0.1, 0.15) is 25.8 Å². The first-order valence-electron chi connectivity index (χ1n) is 7.06. The highest BCUT2D eigenvalue weighted by Gasteiger charge is 2.30. The van der Waals surface area contributed by atoms with Gasteiger partial charge in [-0.3, -0.25) is 4.79 Å². The zero-order valence-electron chi connectivity index (χ0n) is 12.3. The Bertz CT molecular complexity index is 587. The molecule has 1 N–H and O–H groups in total. The lowest BCUT2D eigenvalue weighted by atomic mass is 9.90. The average molecular weight is 285 g/mol. The number of rotatable bonds is 4. The molecule has 1 aliphatic rings. The average Bonchev–Trinajstić information content (AvgIpc) is 2.50. The maximum Gasteiger partial charge on any atom is 0.336 e. The molecule has 0 saturated carbocycles. The van der Waals surface area contributed by atoms with Crippen molar-refractivity contribution in [2.75, 3.05) is 6.61 Å². The van der Waals surface area contributed by atoms with Gasteiger partial charge in [-0.2, -0.15) is 0 Å². The molecule has 0 aromatic heterocycles. The van der Waals surface area contributed by atoms with E-state index in [1.165, 1.54) is 0 Å². The number of hydrogen-bond acceptors (Lipinski definition) is 3. The van der Waals surface area contributed by atoms with Gasteiger partial charge in [-0.1, -0.05) is 42.5 Å². The summed E-state index contributed by atoms with van der Waals surface area (Å²) in [7, 11) is 0. The first-order valence-corrected chi connectivity index (χ1v) is 7.06. The van der Waals surface area contributed by atoms with Gasteiger partial charge in [0.15, 0.2) is 0 Å². The molecule has 1 atom stereocenters. The van der Waals surface area contributed by atoms with Crippen molar-refractivity contribution >= 4 is 17.6 Å². The van der Waals surface area contributed by atoms with Crippen molar-refractivity contribution < 1.29 is 14.3 Å². The van der Waals surface area contributed by atoms with Gasteiger partial charge in [0.2, 0.25) is 5.91 Å². The Morgan fingerprint density at radius 2 is 2.10 bits per heavy atom. The van der Waals surface area contributed by atoms with E-state index in [0.717, 1.165) is 5.56 Å². The van der Waals surface area contributed by atoms with Crippen LogP contribution >= 0.6 is 0 Å². The van der Waals surface area contributed by atoms with Gasteiger partial charge in [-0.15, -0.1) is 0 Å². The van der Waals surface area contributed by atoms with Crippen LogP contribution in [0.4, 0.5) is 0 Å². The third-order valence-corrected chi connectivity index (χ3v) is 3.32. The van der Waals surface area contributed by atoms with Gasteiger partial charge in [0.25, 0.3) is 0 Å². The first kappa shape index (κ1) is 15.0. The fourth-order valence-electron chi connectivity index (χ4n) is 2.35. The van der Waals surface area contributed by atoms with Crippen molar-refractivity contribution in [1.29, 1.82) is 0 Å². The second-order valence-corrected chi connectivity index (χ2v) is 4.77. The lowest BCUT2D eigenvalue weighted by Crippen LogP contribution is -2.36. The quantitative estimate of drug-likeness (QED) is 0.683. The molecule has 0 spiro atoms. The third-order valence-electron chi connectivity index (χ3n) is 3.32. The second-order valence-electron chi connectivity index (χ2n) is 4.77. The monoisotopic (exact) mass is 285 g/mol. The maximum absolute atomic E-state index is 12.2. The smallest absolute Gasteiger partial charge is 0.336 e. The molecule has 0 saturated heterocycles. The molecule has 1 heterocycles. The van der Waals surface area contributed by atoms with E-state index in [1.807, 2.05) is 43.3 Å². The predicted molar refractivity (Wildman–Crippen MR) is 81.1 cm³/mol. The SMILES string of the molecule is C/C=C/[C@@H]1CC(C(=O)OCC)=C(c2ccccc2)NC1=O. The van der Waals surface area contributed by atoms with Crippen LogP contribution in [0.3, 0.4) is 0 Å². The molecule has 1 amide bonds. The summed E-state index contributed by atoms with van der Waals surface area (Å²) >= 11 is 0. The van der Waals surface area contributed by atoms with E-state index in [2.05, 4.69) is 5.32 Å². The van der Waals surface area contributed by atoms with Crippen molar-refractivity contribution in [3.8, 4) is 0 Å². The van der Waals surface area contributed by atoms with Crippen molar-refractivity contribution in [2.24, 2.45) is 5.92 Å². The molecule has 4 nitrogen and oxygen atoms in total. The number of nitrogens with one attached hydrogen (secondary N) is 1. The molecule has 1 aromatic rings. The standard InChI is InChI=1S/C17H19NO3/c1-3-8-13-11-14(17(20)21-4-2)15(18-16(13)19)12-9-6-5-7-10-12/h3,5-10,13H,4,11H2,1-2H3,(H,18,19)/b8-3+/t13-/m1/s1. The molecule has 1 aromatic carbocycles.